The minimum Gasteiger partial charge on any atom is -0.444 e. The van der Waals surface area contributed by atoms with E-state index in [0.717, 1.165) is 37.3 Å². The summed E-state index contributed by atoms with van der Waals surface area (Å²) in [6.45, 7) is 6.77. The van der Waals surface area contributed by atoms with Crippen molar-refractivity contribution >= 4 is 0 Å². The van der Waals surface area contributed by atoms with Crippen LogP contribution in [0.15, 0.2) is 34.9 Å². The second-order valence-electron chi connectivity index (χ2n) is 6.08. The van der Waals surface area contributed by atoms with Gasteiger partial charge in [-0.05, 0) is 31.4 Å². The number of piperidine rings is 1. The number of aryl methyl sites for hydroxylation is 1. The first kappa shape index (κ1) is 14.3. The number of likely N-dealkylation sites (tertiary alicyclic amines) is 1. The molecule has 1 aromatic heterocycles. The zero-order chi connectivity index (χ0) is 14.8. The average molecular weight is 286 g/mol. The molecule has 112 valence electrons. The molecule has 0 bridgehead atoms. The van der Waals surface area contributed by atoms with Crippen molar-refractivity contribution in [3.8, 4) is 11.5 Å². The lowest BCUT2D eigenvalue weighted by Gasteiger charge is -2.33. The number of oxazole rings is 1. The standard InChI is InChI=1S/C17H22N2O2/c1-12-3-5-14(6-4-12)17-18-15(11-21-17)10-19-8-7-16(20)13(2)9-19/h3-6,11,13,16,20H,7-10H2,1-2H3. The third kappa shape index (κ3) is 3.34. The first-order valence-electron chi connectivity index (χ1n) is 7.53. The van der Waals surface area contributed by atoms with Gasteiger partial charge in [0.15, 0.2) is 0 Å². The Kier molecular flexibility index (Phi) is 4.08. The van der Waals surface area contributed by atoms with E-state index in [2.05, 4.69) is 35.9 Å². The van der Waals surface area contributed by atoms with Crippen molar-refractivity contribution in [3.05, 3.63) is 41.8 Å². The molecule has 21 heavy (non-hydrogen) atoms. The summed E-state index contributed by atoms with van der Waals surface area (Å²) in [5.74, 6) is 0.998. The molecule has 0 aliphatic carbocycles. The molecule has 2 aromatic rings. The van der Waals surface area contributed by atoms with Crippen LogP contribution in [0.2, 0.25) is 0 Å². The lowest BCUT2D eigenvalue weighted by atomic mass is 9.97. The van der Waals surface area contributed by atoms with E-state index in [1.165, 1.54) is 5.56 Å². The van der Waals surface area contributed by atoms with Crippen molar-refractivity contribution in [1.29, 1.82) is 0 Å². The first-order valence-corrected chi connectivity index (χ1v) is 7.53. The number of aromatic nitrogens is 1. The first-order chi connectivity index (χ1) is 10.1. The Bertz CT molecular complexity index is 591. The highest BCUT2D eigenvalue weighted by molar-refractivity contribution is 5.53. The zero-order valence-electron chi connectivity index (χ0n) is 12.6. The Morgan fingerprint density at radius 2 is 2.10 bits per heavy atom. The zero-order valence-corrected chi connectivity index (χ0v) is 12.6. The minimum absolute atomic E-state index is 0.165. The lowest BCUT2D eigenvalue weighted by Crippen LogP contribution is -2.41. The molecule has 1 N–H and O–H groups in total. The Hall–Kier alpha value is -1.65. The summed E-state index contributed by atoms with van der Waals surface area (Å²) in [4.78, 5) is 6.91. The Morgan fingerprint density at radius 1 is 1.33 bits per heavy atom. The molecule has 3 rings (SSSR count). The normalized spacial score (nSPS) is 23.4. The van der Waals surface area contributed by atoms with Crippen molar-refractivity contribution in [2.45, 2.75) is 32.9 Å². The van der Waals surface area contributed by atoms with Gasteiger partial charge in [-0.15, -0.1) is 0 Å². The molecule has 4 nitrogen and oxygen atoms in total. The molecule has 2 atom stereocenters. The average Bonchev–Trinajstić information content (AvgIpc) is 2.92. The van der Waals surface area contributed by atoms with Gasteiger partial charge < -0.3 is 9.52 Å². The van der Waals surface area contributed by atoms with E-state index in [4.69, 9.17) is 4.42 Å². The largest absolute Gasteiger partial charge is 0.444 e. The molecular formula is C17H22N2O2. The molecule has 1 aromatic carbocycles. The highest BCUT2D eigenvalue weighted by Gasteiger charge is 2.24. The van der Waals surface area contributed by atoms with Crippen LogP contribution < -0.4 is 0 Å². The van der Waals surface area contributed by atoms with Gasteiger partial charge in [0.2, 0.25) is 5.89 Å². The number of benzene rings is 1. The van der Waals surface area contributed by atoms with E-state index >= 15 is 0 Å². The molecule has 1 fully saturated rings. The van der Waals surface area contributed by atoms with E-state index in [0.29, 0.717) is 11.8 Å². The fourth-order valence-corrected chi connectivity index (χ4v) is 2.80. The van der Waals surface area contributed by atoms with Crippen LogP contribution >= 0.6 is 0 Å². The third-order valence-corrected chi connectivity index (χ3v) is 4.18. The summed E-state index contributed by atoms with van der Waals surface area (Å²) < 4.78 is 5.59. The fourth-order valence-electron chi connectivity index (χ4n) is 2.80. The van der Waals surface area contributed by atoms with Gasteiger partial charge in [-0.2, -0.15) is 0 Å². The monoisotopic (exact) mass is 286 g/mol. The van der Waals surface area contributed by atoms with Gasteiger partial charge >= 0.3 is 0 Å². The van der Waals surface area contributed by atoms with Gasteiger partial charge in [-0.1, -0.05) is 24.6 Å². The van der Waals surface area contributed by atoms with Gasteiger partial charge in [0.1, 0.15) is 6.26 Å². The summed E-state index contributed by atoms with van der Waals surface area (Å²) in [5, 5.41) is 9.78. The molecule has 0 radical (unpaired) electrons. The number of rotatable bonds is 3. The Morgan fingerprint density at radius 3 is 2.81 bits per heavy atom. The number of hydrogen-bond donors (Lipinski definition) is 1. The second-order valence-corrected chi connectivity index (χ2v) is 6.08. The number of hydrogen-bond acceptors (Lipinski definition) is 4. The summed E-state index contributed by atoms with van der Waals surface area (Å²) in [7, 11) is 0. The van der Waals surface area contributed by atoms with Crippen LogP contribution in [0.1, 0.15) is 24.6 Å². The highest BCUT2D eigenvalue weighted by Crippen LogP contribution is 2.22. The maximum atomic E-state index is 9.78. The van der Waals surface area contributed by atoms with Crippen molar-refractivity contribution in [2.24, 2.45) is 5.92 Å². The number of aliphatic hydroxyl groups excluding tert-OH is 1. The Balaban J connectivity index is 1.66. The number of nitrogens with zero attached hydrogens (tertiary/aromatic N) is 2. The molecule has 1 saturated heterocycles. The van der Waals surface area contributed by atoms with Crippen LogP contribution in [0.4, 0.5) is 0 Å². The van der Waals surface area contributed by atoms with E-state index in [9.17, 15) is 5.11 Å². The van der Waals surface area contributed by atoms with Gasteiger partial charge in [0, 0.05) is 25.2 Å². The molecule has 0 spiro atoms. The SMILES string of the molecule is Cc1ccc(-c2nc(CN3CCC(O)C(C)C3)co2)cc1. The minimum atomic E-state index is -0.165. The van der Waals surface area contributed by atoms with Crippen molar-refractivity contribution in [2.75, 3.05) is 13.1 Å². The van der Waals surface area contributed by atoms with Gasteiger partial charge in [-0.3, -0.25) is 4.90 Å². The molecule has 0 saturated carbocycles. The van der Waals surface area contributed by atoms with E-state index in [1.54, 1.807) is 6.26 Å². The summed E-state index contributed by atoms with van der Waals surface area (Å²) >= 11 is 0. The van der Waals surface area contributed by atoms with E-state index in [-0.39, 0.29) is 6.10 Å². The van der Waals surface area contributed by atoms with Crippen LogP contribution in [-0.2, 0) is 6.54 Å². The van der Waals surface area contributed by atoms with Crippen LogP contribution in [0, 0.1) is 12.8 Å². The highest BCUT2D eigenvalue weighted by atomic mass is 16.3. The van der Waals surface area contributed by atoms with Crippen LogP contribution in [0.25, 0.3) is 11.5 Å². The topological polar surface area (TPSA) is 49.5 Å². The lowest BCUT2D eigenvalue weighted by molar-refractivity contribution is 0.0315. The summed E-state index contributed by atoms with van der Waals surface area (Å²) in [5.41, 5.74) is 3.19. The van der Waals surface area contributed by atoms with Gasteiger partial charge in [-0.25, -0.2) is 4.98 Å². The maximum absolute atomic E-state index is 9.78. The van der Waals surface area contributed by atoms with Gasteiger partial charge in [0.25, 0.3) is 0 Å². The van der Waals surface area contributed by atoms with Crippen molar-refractivity contribution < 1.29 is 9.52 Å². The smallest absolute Gasteiger partial charge is 0.226 e. The predicted octanol–water partition coefficient (Wildman–Crippen LogP) is 2.85. The van der Waals surface area contributed by atoms with Crippen LogP contribution in [0.5, 0.6) is 0 Å². The summed E-state index contributed by atoms with van der Waals surface area (Å²) in [6, 6.07) is 8.19. The molecular weight excluding hydrogens is 264 g/mol. The molecule has 2 heterocycles. The van der Waals surface area contributed by atoms with E-state index in [1.807, 2.05) is 12.1 Å². The molecule has 1 aliphatic heterocycles. The second kappa shape index (κ2) is 6.00. The molecule has 2 unspecified atom stereocenters. The third-order valence-electron chi connectivity index (χ3n) is 4.18. The van der Waals surface area contributed by atoms with Crippen molar-refractivity contribution in [1.82, 2.24) is 9.88 Å². The van der Waals surface area contributed by atoms with E-state index < -0.39 is 0 Å². The molecule has 1 aliphatic rings. The van der Waals surface area contributed by atoms with Gasteiger partial charge in [0.05, 0.1) is 11.8 Å². The summed E-state index contributed by atoms with van der Waals surface area (Å²) in [6.07, 6.45) is 2.41. The fraction of sp³-hybridized carbons (Fsp3) is 0.471. The quantitative estimate of drug-likeness (QED) is 0.942. The van der Waals surface area contributed by atoms with Crippen LogP contribution in [0.3, 0.4) is 0 Å². The molecule has 0 amide bonds. The maximum Gasteiger partial charge on any atom is 0.226 e. The van der Waals surface area contributed by atoms with Crippen LogP contribution in [-0.4, -0.2) is 34.2 Å². The number of aliphatic hydroxyl groups is 1. The van der Waals surface area contributed by atoms with Crippen molar-refractivity contribution in [3.63, 3.8) is 0 Å². The molecule has 4 heteroatoms. The Labute approximate surface area is 125 Å². The predicted molar refractivity (Wildman–Crippen MR) is 81.7 cm³/mol.